The minimum atomic E-state index is -0.983. The van der Waals surface area contributed by atoms with E-state index >= 15 is 0 Å². The van der Waals surface area contributed by atoms with Gasteiger partial charge in [0.1, 0.15) is 0 Å². The molecule has 0 aromatic carbocycles. The fourth-order valence-corrected chi connectivity index (χ4v) is 3.56. The van der Waals surface area contributed by atoms with E-state index in [-0.39, 0.29) is 24.5 Å². The number of carbonyl (C=O) groups is 2. The Bertz CT molecular complexity index is 388. The molecule has 2 fully saturated rings. The van der Waals surface area contributed by atoms with E-state index < -0.39 is 12.1 Å². The molecule has 1 saturated carbocycles. The lowest BCUT2D eigenvalue weighted by Gasteiger charge is -2.38. The summed E-state index contributed by atoms with van der Waals surface area (Å²) in [6.45, 7) is 7.00. The van der Waals surface area contributed by atoms with Gasteiger partial charge < -0.3 is 14.7 Å². The van der Waals surface area contributed by atoms with E-state index in [1.807, 2.05) is 6.92 Å². The number of carboxylic acids is 1. The van der Waals surface area contributed by atoms with Crippen molar-refractivity contribution >= 4 is 11.9 Å². The predicted molar refractivity (Wildman–Crippen MR) is 78.8 cm³/mol. The molecule has 1 unspecified atom stereocenters. The van der Waals surface area contributed by atoms with Gasteiger partial charge in [0.25, 0.3) is 0 Å². The quantitative estimate of drug-likeness (QED) is 0.866. The topological polar surface area (TPSA) is 66.8 Å². The molecule has 2 atom stereocenters. The molecule has 1 heterocycles. The van der Waals surface area contributed by atoms with Crippen LogP contribution in [0.4, 0.5) is 0 Å². The van der Waals surface area contributed by atoms with Crippen LogP contribution < -0.4 is 0 Å². The molecule has 0 bridgehead atoms. The van der Waals surface area contributed by atoms with Gasteiger partial charge in [0.05, 0.1) is 12.6 Å². The lowest BCUT2D eigenvalue weighted by atomic mass is 9.76. The van der Waals surface area contributed by atoms with Crippen LogP contribution in [0.25, 0.3) is 0 Å². The maximum Gasteiger partial charge on any atom is 0.334 e. The van der Waals surface area contributed by atoms with Crippen molar-refractivity contribution in [1.82, 2.24) is 4.90 Å². The zero-order valence-electron chi connectivity index (χ0n) is 13.2. The summed E-state index contributed by atoms with van der Waals surface area (Å²) in [6, 6.07) is 0. The van der Waals surface area contributed by atoms with Crippen LogP contribution in [0.5, 0.6) is 0 Å². The lowest BCUT2D eigenvalue weighted by Crippen LogP contribution is -2.53. The largest absolute Gasteiger partial charge is 0.479 e. The Morgan fingerprint density at radius 3 is 2.29 bits per heavy atom. The van der Waals surface area contributed by atoms with Crippen LogP contribution in [-0.4, -0.2) is 47.2 Å². The van der Waals surface area contributed by atoms with Gasteiger partial charge in [0, 0.05) is 12.5 Å². The predicted octanol–water partition coefficient (Wildman–Crippen LogP) is 2.15. The first-order valence-electron chi connectivity index (χ1n) is 8.05. The molecule has 0 aromatic rings. The standard InChI is InChI=1S/C16H27NO4/c1-10(2)12-4-6-13(7-5-12)15(18)17-8-11(3)21-14(9-17)16(19)20/h10-14H,4-9H2,1-3H3,(H,19,20)/t11-,12?,13?,14?/m1/s1. The fourth-order valence-electron chi connectivity index (χ4n) is 3.56. The number of hydrogen-bond acceptors (Lipinski definition) is 3. The van der Waals surface area contributed by atoms with Crippen molar-refractivity contribution in [2.45, 2.75) is 58.7 Å². The maximum absolute atomic E-state index is 12.6. The van der Waals surface area contributed by atoms with Gasteiger partial charge in [0.15, 0.2) is 6.10 Å². The molecule has 2 aliphatic rings. The molecule has 1 amide bonds. The number of ether oxygens (including phenoxy) is 1. The highest BCUT2D eigenvalue weighted by Crippen LogP contribution is 2.34. The molecule has 1 aliphatic heterocycles. The van der Waals surface area contributed by atoms with E-state index in [4.69, 9.17) is 9.84 Å². The van der Waals surface area contributed by atoms with Crippen LogP contribution in [0.2, 0.25) is 0 Å². The summed E-state index contributed by atoms with van der Waals surface area (Å²) in [5.41, 5.74) is 0. The molecular weight excluding hydrogens is 270 g/mol. The van der Waals surface area contributed by atoms with E-state index in [1.165, 1.54) is 0 Å². The van der Waals surface area contributed by atoms with Gasteiger partial charge in [-0.1, -0.05) is 13.8 Å². The van der Waals surface area contributed by atoms with Crippen molar-refractivity contribution < 1.29 is 19.4 Å². The Morgan fingerprint density at radius 1 is 1.14 bits per heavy atom. The molecular formula is C16H27NO4. The average Bonchev–Trinajstić information content (AvgIpc) is 2.45. The van der Waals surface area contributed by atoms with Crippen LogP contribution in [0.3, 0.4) is 0 Å². The molecule has 5 heteroatoms. The Balaban J connectivity index is 1.92. The molecule has 1 saturated heterocycles. The fraction of sp³-hybridized carbons (Fsp3) is 0.875. The number of carbonyl (C=O) groups excluding carboxylic acids is 1. The van der Waals surface area contributed by atoms with Crippen LogP contribution in [0, 0.1) is 17.8 Å². The lowest BCUT2D eigenvalue weighted by molar-refractivity contribution is -0.168. The van der Waals surface area contributed by atoms with E-state index in [0.29, 0.717) is 12.5 Å². The van der Waals surface area contributed by atoms with Crippen molar-refractivity contribution in [1.29, 1.82) is 0 Å². The molecule has 0 radical (unpaired) electrons. The SMILES string of the molecule is CC(C)C1CCC(C(=O)N2CC(C(=O)O)O[C@H](C)C2)CC1. The second-order valence-electron chi connectivity index (χ2n) is 6.87. The Labute approximate surface area is 126 Å². The molecule has 0 aromatic heterocycles. The molecule has 120 valence electrons. The van der Waals surface area contributed by atoms with Gasteiger partial charge in [-0.15, -0.1) is 0 Å². The maximum atomic E-state index is 12.6. The second-order valence-corrected chi connectivity index (χ2v) is 6.87. The van der Waals surface area contributed by atoms with Crippen LogP contribution in [-0.2, 0) is 14.3 Å². The third kappa shape index (κ3) is 3.96. The monoisotopic (exact) mass is 297 g/mol. The molecule has 5 nitrogen and oxygen atoms in total. The Morgan fingerprint density at radius 2 is 1.76 bits per heavy atom. The van der Waals surface area contributed by atoms with Crippen molar-refractivity contribution in [2.75, 3.05) is 13.1 Å². The highest BCUT2D eigenvalue weighted by Gasteiger charge is 2.36. The number of morpholine rings is 1. The summed E-state index contributed by atoms with van der Waals surface area (Å²) in [4.78, 5) is 25.4. The first kappa shape index (κ1) is 16.3. The van der Waals surface area contributed by atoms with Crippen molar-refractivity contribution in [2.24, 2.45) is 17.8 Å². The van der Waals surface area contributed by atoms with Crippen molar-refractivity contribution in [3.63, 3.8) is 0 Å². The second kappa shape index (κ2) is 6.77. The first-order chi connectivity index (χ1) is 9.88. The molecule has 2 rings (SSSR count). The first-order valence-corrected chi connectivity index (χ1v) is 8.05. The normalized spacial score (nSPS) is 34.0. The van der Waals surface area contributed by atoms with E-state index in [1.54, 1.807) is 4.90 Å². The Kier molecular flexibility index (Phi) is 5.25. The molecule has 21 heavy (non-hydrogen) atoms. The van der Waals surface area contributed by atoms with E-state index in [0.717, 1.165) is 31.6 Å². The smallest absolute Gasteiger partial charge is 0.334 e. The summed E-state index contributed by atoms with van der Waals surface area (Å²) >= 11 is 0. The highest BCUT2D eigenvalue weighted by molar-refractivity contribution is 5.80. The van der Waals surface area contributed by atoms with E-state index in [9.17, 15) is 9.59 Å². The summed E-state index contributed by atoms with van der Waals surface area (Å²) in [6.07, 6.45) is 2.99. The molecule has 1 N–H and O–H groups in total. The van der Waals surface area contributed by atoms with Gasteiger partial charge >= 0.3 is 5.97 Å². The summed E-state index contributed by atoms with van der Waals surface area (Å²) in [5.74, 6) is 0.617. The van der Waals surface area contributed by atoms with Gasteiger partial charge in [-0.2, -0.15) is 0 Å². The van der Waals surface area contributed by atoms with E-state index in [2.05, 4.69) is 13.8 Å². The van der Waals surface area contributed by atoms with Gasteiger partial charge in [-0.3, -0.25) is 4.79 Å². The number of hydrogen-bond donors (Lipinski definition) is 1. The zero-order chi connectivity index (χ0) is 15.6. The van der Waals surface area contributed by atoms with Gasteiger partial charge in [0.2, 0.25) is 5.91 Å². The number of nitrogens with zero attached hydrogens (tertiary/aromatic N) is 1. The Hall–Kier alpha value is -1.10. The average molecular weight is 297 g/mol. The minimum absolute atomic E-state index is 0.0692. The summed E-state index contributed by atoms with van der Waals surface area (Å²) in [5, 5.41) is 9.10. The third-order valence-corrected chi connectivity index (χ3v) is 4.91. The summed E-state index contributed by atoms with van der Waals surface area (Å²) in [7, 11) is 0. The minimum Gasteiger partial charge on any atom is -0.479 e. The molecule has 0 spiro atoms. The van der Waals surface area contributed by atoms with Gasteiger partial charge in [-0.25, -0.2) is 4.79 Å². The van der Waals surface area contributed by atoms with Crippen molar-refractivity contribution in [3.8, 4) is 0 Å². The van der Waals surface area contributed by atoms with Crippen LogP contribution in [0.15, 0.2) is 0 Å². The third-order valence-electron chi connectivity index (χ3n) is 4.91. The zero-order valence-corrected chi connectivity index (χ0v) is 13.2. The van der Waals surface area contributed by atoms with Gasteiger partial charge in [-0.05, 0) is 44.4 Å². The van der Waals surface area contributed by atoms with Crippen molar-refractivity contribution in [3.05, 3.63) is 0 Å². The summed E-state index contributed by atoms with van der Waals surface area (Å²) < 4.78 is 5.37. The number of aliphatic carboxylic acids is 1. The molecule has 1 aliphatic carbocycles. The number of amides is 1. The van der Waals surface area contributed by atoms with Crippen LogP contribution in [0.1, 0.15) is 46.5 Å². The number of rotatable bonds is 3. The highest BCUT2D eigenvalue weighted by atomic mass is 16.5. The number of carboxylic acid groups (broad SMARTS) is 1. The van der Waals surface area contributed by atoms with Crippen LogP contribution >= 0.6 is 0 Å².